The number of anilines is 2. The Hall–Kier alpha value is -2.11. The minimum atomic E-state index is 0.240. The van der Waals surface area contributed by atoms with Gasteiger partial charge in [0.05, 0.1) is 6.54 Å². The minimum Gasteiger partial charge on any atom is -0.370 e. The van der Waals surface area contributed by atoms with E-state index in [1.54, 1.807) is 12.5 Å². The van der Waals surface area contributed by atoms with Crippen molar-refractivity contribution in [2.24, 2.45) is 0 Å². The van der Waals surface area contributed by atoms with Gasteiger partial charge in [-0.25, -0.2) is 9.97 Å². The summed E-state index contributed by atoms with van der Waals surface area (Å²) < 4.78 is 1.91. The predicted octanol–water partition coefficient (Wildman–Crippen LogP) is 2.17. The molecule has 1 atom stereocenters. The zero-order chi connectivity index (χ0) is 14.4. The fourth-order valence-corrected chi connectivity index (χ4v) is 2.16. The molecule has 2 heterocycles. The molecule has 2 rings (SSSR count). The van der Waals surface area contributed by atoms with Crippen LogP contribution in [0.15, 0.2) is 24.8 Å². The lowest BCUT2D eigenvalue weighted by Gasteiger charge is -2.18. The SMILES string of the molecule is CCNc1ncnc(NC(C)Cn2cccn2)c1CC. The Morgan fingerprint density at radius 2 is 2.05 bits per heavy atom. The molecular weight excluding hydrogens is 252 g/mol. The fourth-order valence-electron chi connectivity index (χ4n) is 2.16. The molecule has 0 radical (unpaired) electrons. The molecule has 2 aromatic heterocycles. The first-order valence-electron chi connectivity index (χ1n) is 7.06. The predicted molar refractivity (Wildman–Crippen MR) is 80.9 cm³/mol. The van der Waals surface area contributed by atoms with Crippen LogP contribution in [-0.4, -0.2) is 32.3 Å². The smallest absolute Gasteiger partial charge is 0.134 e. The second-order valence-electron chi connectivity index (χ2n) is 4.71. The molecular formula is C14H22N6. The Labute approximate surface area is 119 Å². The van der Waals surface area contributed by atoms with E-state index in [4.69, 9.17) is 0 Å². The molecule has 0 saturated heterocycles. The molecule has 2 N–H and O–H groups in total. The largest absolute Gasteiger partial charge is 0.370 e. The molecule has 6 nitrogen and oxygen atoms in total. The molecule has 2 aromatic rings. The molecule has 0 aliphatic heterocycles. The monoisotopic (exact) mass is 274 g/mol. The van der Waals surface area contributed by atoms with Crippen LogP contribution in [0.2, 0.25) is 0 Å². The second-order valence-corrected chi connectivity index (χ2v) is 4.71. The summed E-state index contributed by atoms with van der Waals surface area (Å²) in [5.74, 6) is 1.82. The third-order valence-corrected chi connectivity index (χ3v) is 3.05. The van der Waals surface area contributed by atoms with Gasteiger partial charge in [0.1, 0.15) is 18.0 Å². The number of nitrogens with one attached hydrogen (secondary N) is 2. The van der Waals surface area contributed by atoms with Gasteiger partial charge in [0, 0.05) is 30.5 Å². The molecule has 0 bridgehead atoms. The maximum Gasteiger partial charge on any atom is 0.134 e. The summed E-state index contributed by atoms with van der Waals surface area (Å²) in [7, 11) is 0. The van der Waals surface area contributed by atoms with E-state index in [2.05, 4.69) is 46.5 Å². The van der Waals surface area contributed by atoms with Gasteiger partial charge in [-0.2, -0.15) is 5.10 Å². The van der Waals surface area contributed by atoms with Crippen LogP contribution in [0.1, 0.15) is 26.3 Å². The van der Waals surface area contributed by atoms with Gasteiger partial charge in [-0.1, -0.05) is 6.92 Å². The van der Waals surface area contributed by atoms with Crippen LogP contribution in [0.4, 0.5) is 11.6 Å². The van der Waals surface area contributed by atoms with E-state index in [1.807, 2.05) is 16.9 Å². The van der Waals surface area contributed by atoms with Crippen molar-refractivity contribution in [2.45, 2.75) is 39.8 Å². The maximum absolute atomic E-state index is 4.37. The minimum absolute atomic E-state index is 0.240. The Bertz CT molecular complexity index is 522. The van der Waals surface area contributed by atoms with Crippen molar-refractivity contribution in [3.8, 4) is 0 Å². The van der Waals surface area contributed by atoms with Crippen molar-refractivity contribution in [3.05, 3.63) is 30.4 Å². The molecule has 20 heavy (non-hydrogen) atoms. The van der Waals surface area contributed by atoms with Crippen molar-refractivity contribution in [3.63, 3.8) is 0 Å². The third-order valence-electron chi connectivity index (χ3n) is 3.05. The fraction of sp³-hybridized carbons (Fsp3) is 0.500. The van der Waals surface area contributed by atoms with Gasteiger partial charge in [-0.15, -0.1) is 0 Å². The van der Waals surface area contributed by atoms with Crippen molar-refractivity contribution in [1.29, 1.82) is 0 Å². The van der Waals surface area contributed by atoms with Crippen molar-refractivity contribution < 1.29 is 0 Å². The first-order chi connectivity index (χ1) is 9.74. The summed E-state index contributed by atoms with van der Waals surface area (Å²) in [5.41, 5.74) is 1.13. The summed E-state index contributed by atoms with van der Waals surface area (Å²) in [4.78, 5) is 8.67. The van der Waals surface area contributed by atoms with Gasteiger partial charge in [-0.05, 0) is 26.3 Å². The Balaban J connectivity index is 2.09. The average Bonchev–Trinajstić information content (AvgIpc) is 2.92. The first kappa shape index (κ1) is 14.3. The molecule has 0 fully saturated rings. The van der Waals surface area contributed by atoms with Gasteiger partial charge in [0.15, 0.2) is 0 Å². The topological polar surface area (TPSA) is 67.7 Å². The third kappa shape index (κ3) is 3.46. The van der Waals surface area contributed by atoms with Gasteiger partial charge in [-0.3, -0.25) is 4.68 Å². The van der Waals surface area contributed by atoms with E-state index in [0.717, 1.165) is 36.7 Å². The molecule has 0 amide bonds. The van der Waals surface area contributed by atoms with Crippen molar-refractivity contribution in [2.75, 3.05) is 17.2 Å². The number of aromatic nitrogens is 4. The normalized spacial score (nSPS) is 12.2. The Kier molecular flexibility index (Phi) is 4.92. The quantitative estimate of drug-likeness (QED) is 0.810. The van der Waals surface area contributed by atoms with E-state index in [9.17, 15) is 0 Å². The Morgan fingerprint density at radius 1 is 1.25 bits per heavy atom. The van der Waals surface area contributed by atoms with Crippen LogP contribution in [0.5, 0.6) is 0 Å². The van der Waals surface area contributed by atoms with E-state index < -0.39 is 0 Å². The van der Waals surface area contributed by atoms with E-state index in [1.165, 1.54) is 0 Å². The van der Waals surface area contributed by atoms with Gasteiger partial charge < -0.3 is 10.6 Å². The number of hydrogen-bond acceptors (Lipinski definition) is 5. The first-order valence-corrected chi connectivity index (χ1v) is 7.06. The summed E-state index contributed by atoms with van der Waals surface area (Å²) in [6.07, 6.45) is 6.24. The summed E-state index contributed by atoms with van der Waals surface area (Å²) in [6, 6.07) is 2.17. The highest BCUT2D eigenvalue weighted by Gasteiger charge is 2.11. The van der Waals surface area contributed by atoms with Crippen molar-refractivity contribution >= 4 is 11.6 Å². The van der Waals surface area contributed by atoms with Gasteiger partial charge >= 0.3 is 0 Å². The van der Waals surface area contributed by atoms with Gasteiger partial charge in [0.25, 0.3) is 0 Å². The van der Waals surface area contributed by atoms with E-state index in [0.29, 0.717) is 0 Å². The van der Waals surface area contributed by atoms with Crippen LogP contribution in [-0.2, 0) is 13.0 Å². The molecule has 108 valence electrons. The lowest BCUT2D eigenvalue weighted by molar-refractivity contribution is 0.559. The Morgan fingerprint density at radius 3 is 2.70 bits per heavy atom. The highest BCUT2D eigenvalue weighted by atomic mass is 15.3. The molecule has 0 spiro atoms. The molecule has 0 saturated carbocycles. The van der Waals surface area contributed by atoms with Gasteiger partial charge in [0.2, 0.25) is 0 Å². The summed E-state index contributed by atoms with van der Waals surface area (Å²) in [5, 5.41) is 10.9. The molecule has 0 aliphatic rings. The molecule has 0 aromatic carbocycles. The van der Waals surface area contributed by atoms with Crippen LogP contribution >= 0.6 is 0 Å². The maximum atomic E-state index is 4.37. The summed E-state index contributed by atoms with van der Waals surface area (Å²) in [6.45, 7) is 7.96. The number of hydrogen-bond donors (Lipinski definition) is 2. The van der Waals surface area contributed by atoms with Crippen LogP contribution in [0, 0.1) is 0 Å². The zero-order valence-electron chi connectivity index (χ0n) is 12.3. The van der Waals surface area contributed by atoms with Crippen molar-refractivity contribution in [1.82, 2.24) is 19.7 Å². The highest BCUT2D eigenvalue weighted by Crippen LogP contribution is 2.21. The lowest BCUT2D eigenvalue weighted by atomic mass is 10.2. The average molecular weight is 274 g/mol. The lowest BCUT2D eigenvalue weighted by Crippen LogP contribution is -2.24. The number of rotatable bonds is 7. The molecule has 0 aliphatic carbocycles. The van der Waals surface area contributed by atoms with E-state index in [-0.39, 0.29) is 6.04 Å². The number of nitrogens with zero attached hydrogens (tertiary/aromatic N) is 4. The standard InChI is InChI=1S/C14H22N6/c1-4-12-13(15-5-2)16-10-17-14(12)19-11(3)9-20-8-6-7-18-20/h6-8,10-11H,4-5,9H2,1-3H3,(H2,15,16,17,19). The molecule has 6 heteroatoms. The highest BCUT2D eigenvalue weighted by molar-refractivity contribution is 5.57. The molecule has 1 unspecified atom stereocenters. The second kappa shape index (κ2) is 6.88. The van der Waals surface area contributed by atoms with E-state index >= 15 is 0 Å². The van der Waals surface area contributed by atoms with Crippen LogP contribution < -0.4 is 10.6 Å². The van der Waals surface area contributed by atoms with Crippen LogP contribution in [0.25, 0.3) is 0 Å². The van der Waals surface area contributed by atoms with Crippen LogP contribution in [0.3, 0.4) is 0 Å². The zero-order valence-corrected chi connectivity index (χ0v) is 12.3. The summed E-state index contributed by atoms with van der Waals surface area (Å²) >= 11 is 0.